The van der Waals surface area contributed by atoms with Gasteiger partial charge in [0.05, 0.1) is 28.8 Å². The van der Waals surface area contributed by atoms with Gasteiger partial charge in [-0.25, -0.2) is 9.67 Å². The maximum Gasteiger partial charge on any atom is 0.137 e. The molecular weight excluding hydrogens is 285 g/mol. The fourth-order valence-corrected chi connectivity index (χ4v) is 2.10. The Kier molecular flexibility index (Phi) is 3.16. The Hall–Kier alpha value is -1.59. The van der Waals surface area contributed by atoms with Crippen molar-refractivity contribution in [3.8, 4) is 0 Å². The van der Waals surface area contributed by atoms with Gasteiger partial charge >= 0.3 is 0 Å². The van der Waals surface area contributed by atoms with Crippen molar-refractivity contribution in [2.75, 3.05) is 0 Å². The summed E-state index contributed by atoms with van der Waals surface area (Å²) in [4.78, 5) is 4.49. The van der Waals surface area contributed by atoms with E-state index in [4.69, 9.17) is 23.2 Å². The van der Waals surface area contributed by atoms with Gasteiger partial charge in [0.25, 0.3) is 0 Å². The van der Waals surface area contributed by atoms with Gasteiger partial charge in [-0.05, 0) is 19.1 Å². The molecule has 0 aromatic carbocycles. The van der Waals surface area contributed by atoms with Crippen molar-refractivity contribution in [1.82, 2.24) is 24.4 Å². The number of fused-ring (bicyclic) bond motifs is 1. The van der Waals surface area contributed by atoms with Crippen LogP contribution in [0, 0.1) is 0 Å². The molecule has 0 spiro atoms. The molecule has 3 aromatic rings. The number of hydrogen-bond donors (Lipinski definition) is 0. The van der Waals surface area contributed by atoms with Gasteiger partial charge in [0.1, 0.15) is 11.3 Å². The Morgan fingerprint density at radius 3 is 2.84 bits per heavy atom. The highest BCUT2D eigenvalue weighted by Gasteiger charge is 2.08. The van der Waals surface area contributed by atoms with E-state index in [9.17, 15) is 0 Å². The van der Waals surface area contributed by atoms with Crippen molar-refractivity contribution < 1.29 is 0 Å². The Morgan fingerprint density at radius 1 is 1.26 bits per heavy atom. The predicted octanol–water partition coefficient (Wildman–Crippen LogP) is 2.93. The van der Waals surface area contributed by atoms with E-state index < -0.39 is 0 Å². The molecule has 7 heteroatoms. The third-order valence-electron chi connectivity index (χ3n) is 2.75. The summed E-state index contributed by atoms with van der Waals surface area (Å²) in [6.07, 6.45) is 5.57. The summed E-state index contributed by atoms with van der Waals surface area (Å²) in [7, 11) is 0. The molecule has 0 fully saturated rings. The van der Waals surface area contributed by atoms with Gasteiger partial charge in [0.15, 0.2) is 0 Å². The largest absolute Gasteiger partial charge is 0.305 e. The maximum absolute atomic E-state index is 5.95. The number of hydrogen-bond acceptors (Lipinski definition) is 3. The van der Waals surface area contributed by atoms with Crippen molar-refractivity contribution in [2.24, 2.45) is 0 Å². The van der Waals surface area contributed by atoms with E-state index in [0.717, 1.165) is 17.0 Å². The molecule has 1 unspecified atom stereocenters. The Morgan fingerprint density at radius 2 is 2.11 bits per heavy atom. The number of nitrogens with zero attached hydrogens (tertiary/aromatic N) is 5. The standard InChI is InChI=1S/C12H11Cl2N5/c1-8(13)11-7-19(17-16-11)6-10-5-18-4-9(14)2-3-12(18)15-10/h2-5,7-8H,6H2,1H3. The summed E-state index contributed by atoms with van der Waals surface area (Å²) in [5, 5.41) is 8.56. The van der Waals surface area contributed by atoms with E-state index in [-0.39, 0.29) is 5.38 Å². The molecule has 0 aliphatic carbocycles. The van der Waals surface area contributed by atoms with Crippen LogP contribution in [-0.4, -0.2) is 24.4 Å². The lowest BCUT2D eigenvalue weighted by molar-refractivity contribution is 0.640. The first-order valence-electron chi connectivity index (χ1n) is 5.79. The number of alkyl halides is 1. The highest BCUT2D eigenvalue weighted by molar-refractivity contribution is 6.30. The zero-order valence-corrected chi connectivity index (χ0v) is 11.7. The van der Waals surface area contributed by atoms with Crippen molar-refractivity contribution in [1.29, 1.82) is 0 Å². The Balaban J connectivity index is 1.87. The molecule has 5 nitrogen and oxygen atoms in total. The van der Waals surface area contributed by atoms with Crippen LogP contribution < -0.4 is 0 Å². The summed E-state index contributed by atoms with van der Waals surface area (Å²) < 4.78 is 3.61. The van der Waals surface area contributed by atoms with Crippen LogP contribution in [0.2, 0.25) is 5.02 Å². The minimum Gasteiger partial charge on any atom is -0.305 e. The summed E-state index contributed by atoms with van der Waals surface area (Å²) >= 11 is 11.9. The number of rotatable bonds is 3. The molecule has 3 aromatic heterocycles. The topological polar surface area (TPSA) is 48.0 Å². The minimum absolute atomic E-state index is 0.145. The van der Waals surface area contributed by atoms with Crippen LogP contribution in [-0.2, 0) is 6.54 Å². The molecule has 0 amide bonds. The number of halogens is 2. The number of aromatic nitrogens is 5. The average molecular weight is 296 g/mol. The molecule has 98 valence electrons. The van der Waals surface area contributed by atoms with Crippen LogP contribution in [0.15, 0.2) is 30.7 Å². The molecule has 3 heterocycles. The summed E-state index contributed by atoms with van der Waals surface area (Å²) in [5.74, 6) is 0. The monoisotopic (exact) mass is 295 g/mol. The second-order valence-corrected chi connectivity index (χ2v) is 5.39. The second kappa shape index (κ2) is 4.83. The summed E-state index contributed by atoms with van der Waals surface area (Å²) in [6, 6.07) is 3.69. The molecule has 0 aliphatic heterocycles. The lowest BCUT2D eigenvalue weighted by Crippen LogP contribution is -2.00. The molecule has 0 N–H and O–H groups in total. The SMILES string of the molecule is CC(Cl)c1cn(Cc2cn3cc(Cl)ccc3n2)nn1. The maximum atomic E-state index is 5.95. The van der Waals surface area contributed by atoms with Crippen LogP contribution in [0.25, 0.3) is 5.65 Å². The highest BCUT2D eigenvalue weighted by Crippen LogP contribution is 2.16. The molecule has 0 aliphatic rings. The van der Waals surface area contributed by atoms with Gasteiger partial charge < -0.3 is 4.40 Å². The minimum atomic E-state index is -0.145. The second-order valence-electron chi connectivity index (χ2n) is 4.30. The number of pyridine rings is 1. The molecule has 1 atom stereocenters. The molecular formula is C12H11Cl2N5. The lowest BCUT2D eigenvalue weighted by atomic mass is 10.4. The van der Waals surface area contributed by atoms with Crippen molar-refractivity contribution in [3.63, 3.8) is 0 Å². The van der Waals surface area contributed by atoms with Crippen LogP contribution in [0.3, 0.4) is 0 Å². The fourth-order valence-electron chi connectivity index (χ4n) is 1.83. The zero-order chi connectivity index (χ0) is 13.4. The van der Waals surface area contributed by atoms with Crippen LogP contribution in [0.4, 0.5) is 0 Å². The van der Waals surface area contributed by atoms with Crippen molar-refractivity contribution in [3.05, 3.63) is 47.1 Å². The van der Waals surface area contributed by atoms with Crippen LogP contribution >= 0.6 is 23.2 Å². The van der Waals surface area contributed by atoms with Gasteiger partial charge in [0.2, 0.25) is 0 Å². The molecule has 0 saturated carbocycles. The van der Waals surface area contributed by atoms with E-state index in [2.05, 4.69) is 15.3 Å². The predicted molar refractivity (Wildman–Crippen MR) is 73.6 cm³/mol. The van der Waals surface area contributed by atoms with E-state index in [1.807, 2.05) is 42.0 Å². The van der Waals surface area contributed by atoms with E-state index in [1.54, 1.807) is 4.68 Å². The molecule has 0 bridgehead atoms. The van der Waals surface area contributed by atoms with E-state index in [0.29, 0.717) is 11.6 Å². The molecule has 3 rings (SSSR count). The van der Waals surface area contributed by atoms with Crippen LogP contribution in [0.5, 0.6) is 0 Å². The fraction of sp³-hybridized carbons (Fsp3) is 0.250. The van der Waals surface area contributed by atoms with E-state index >= 15 is 0 Å². The first-order valence-corrected chi connectivity index (χ1v) is 6.60. The quantitative estimate of drug-likeness (QED) is 0.698. The first kappa shape index (κ1) is 12.4. The highest BCUT2D eigenvalue weighted by atomic mass is 35.5. The van der Waals surface area contributed by atoms with Gasteiger partial charge in [0, 0.05) is 12.4 Å². The van der Waals surface area contributed by atoms with Gasteiger partial charge in [-0.3, -0.25) is 0 Å². The Bertz CT molecular complexity index is 716. The zero-order valence-electron chi connectivity index (χ0n) is 10.2. The van der Waals surface area contributed by atoms with E-state index in [1.165, 1.54) is 0 Å². The summed E-state index contributed by atoms with van der Waals surface area (Å²) in [6.45, 7) is 2.42. The van der Waals surface area contributed by atoms with Crippen molar-refractivity contribution >= 4 is 28.8 Å². The lowest BCUT2D eigenvalue weighted by Gasteiger charge is -1.95. The van der Waals surface area contributed by atoms with Gasteiger partial charge in [-0.2, -0.15) is 0 Å². The smallest absolute Gasteiger partial charge is 0.137 e. The average Bonchev–Trinajstić information content (AvgIpc) is 2.95. The molecule has 0 radical (unpaired) electrons. The third kappa shape index (κ3) is 2.57. The van der Waals surface area contributed by atoms with Crippen molar-refractivity contribution in [2.45, 2.75) is 18.8 Å². The van der Waals surface area contributed by atoms with Crippen LogP contribution in [0.1, 0.15) is 23.7 Å². The molecule has 19 heavy (non-hydrogen) atoms. The number of imidazole rings is 1. The normalized spacial score (nSPS) is 13.0. The van der Waals surface area contributed by atoms with Gasteiger partial charge in [-0.15, -0.1) is 16.7 Å². The Labute approximate surface area is 119 Å². The molecule has 0 saturated heterocycles. The first-order chi connectivity index (χ1) is 9.11. The summed E-state index contributed by atoms with van der Waals surface area (Å²) in [5.41, 5.74) is 2.50. The van der Waals surface area contributed by atoms with Gasteiger partial charge in [-0.1, -0.05) is 16.8 Å². The third-order valence-corrected chi connectivity index (χ3v) is 3.20.